The summed E-state index contributed by atoms with van der Waals surface area (Å²) in [6.45, 7) is 1.68. The number of hydrogen-bond donors (Lipinski definition) is 1. The van der Waals surface area contributed by atoms with Crippen LogP contribution in [0.3, 0.4) is 0 Å². The van der Waals surface area contributed by atoms with Crippen LogP contribution in [0.1, 0.15) is 5.56 Å². The lowest BCUT2D eigenvalue weighted by Gasteiger charge is -2.05. The zero-order valence-corrected chi connectivity index (χ0v) is 8.60. The predicted molar refractivity (Wildman–Crippen MR) is 54.7 cm³/mol. The van der Waals surface area contributed by atoms with Gasteiger partial charge in [-0.1, -0.05) is 17.7 Å². The molecule has 82 valence electrons. The Bertz CT molecular complexity index is 305. The van der Waals surface area contributed by atoms with Crippen LogP contribution in [0.4, 0.5) is 0 Å². The van der Waals surface area contributed by atoms with Gasteiger partial charge < -0.3 is 14.6 Å². The second-order valence-corrected chi connectivity index (χ2v) is 3.05. The number of ether oxygens (including phenoxy) is 2. The molecule has 0 saturated heterocycles. The Morgan fingerprint density at radius 2 is 2.00 bits per heavy atom. The van der Waals surface area contributed by atoms with Crippen molar-refractivity contribution < 1.29 is 19.4 Å². The van der Waals surface area contributed by atoms with Gasteiger partial charge in [0.05, 0.1) is 6.61 Å². The summed E-state index contributed by atoms with van der Waals surface area (Å²) in [7, 11) is 0. The van der Waals surface area contributed by atoms with E-state index < -0.39 is 5.97 Å². The third-order valence-corrected chi connectivity index (χ3v) is 1.73. The Morgan fingerprint density at radius 3 is 2.60 bits per heavy atom. The van der Waals surface area contributed by atoms with Crippen molar-refractivity contribution in [1.82, 2.24) is 0 Å². The fourth-order valence-corrected chi connectivity index (χ4v) is 0.978. The van der Waals surface area contributed by atoms with E-state index in [-0.39, 0.29) is 19.8 Å². The molecule has 1 N–H and O–H groups in total. The van der Waals surface area contributed by atoms with E-state index in [1.54, 1.807) is 12.1 Å². The molecule has 0 aromatic heterocycles. The molecule has 0 aliphatic carbocycles. The van der Waals surface area contributed by atoms with Gasteiger partial charge in [0.2, 0.25) is 0 Å². The standard InChI is InChI=1S/C11H14O4/c1-9-2-4-10(5-3-9)15-8-11(13)14-7-6-12/h2-5,12H,6-8H2,1H3. The van der Waals surface area contributed by atoms with Gasteiger partial charge in [0.25, 0.3) is 0 Å². The van der Waals surface area contributed by atoms with Crippen molar-refractivity contribution in [3.05, 3.63) is 29.8 Å². The first-order chi connectivity index (χ1) is 7.22. The van der Waals surface area contributed by atoms with Crippen LogP contribution in [0.2, 0.25) is 0 Å². The predicted octanol–water partition coefficient (Wildman–Crippen LogP) is 0.909. The molecule has 0 saturated carbocycles. The summed E-state index contributed by atoms with van der Waals surface area (Å²) in [5.74, 6) is 0.145. The lowest BCUT2D eigenvalue weighted by Crippen LogP contribution is -2.16. The third kappa shape index (κ3) is 4.46. The molecule has 0 aliphatic heterocycles. The molecule has 0 aliphatic rings. The van der Waals surface area contributed by atoms with Gasteiger partial charge in [0.15, 0.2) is 6.61 Å². The quantitative estimate of drug-likeness (QED) is 0.734. The summed E-state index contributed by atoms with van der Waals surface area (Å²) in [6, 6.07) is 7.37. The van der Waals surface area contributed by atoms with E-state index in [9.17, 15) is 4.79 Å². The summed E-state index contributed by atoms with van der Waals surface area (Å²) in [5, 5.41) is 8.41. The fourth-order valence-electron chi connectivity index (χ4n) is 0.978. The molecule has 0 spiro atoms. The summed E-state index contributed by atoms with van der Waals surface area (Å²) < 4.78 is 9.79. The van der Waals surface area contributed by atoms with Crippen molar-refractivity contribution >= 4 is 5.97 Å². The highest BCUT2D eigenvalue weighted by Crippen LogP contribution is 2.10. The van der Waals surface area contributed by atoms with Gasteiger partial charge >= 0.3 is 5.97 Å². The summed E-state index contributed by atoms with van der Waals surface area (Å²) >= 11 is 0. The summed E-state index contributed by atoms with van der Waals surface area (Å²) in [4.78, 5) is 11.0. The number of esters is 1. The molecule has 1 aromatic rings. The smallest absolute Gasteiger partial charge is 0.344 e. The topological polar surface area (TPSA) is 55.8 Å². The SMILES string of the molecule is Cc1ccc(OCC(=O)OCCO)cc1. The van der Waals surface area contributed by atoms with Crippen molar-refractivity contribution in [2.24, 2.45) is 0 Å². The number of rotatable bonds is 5. The zero-order valence-electron chi connectivity index (χ0n) is 8.60. The van der Waals surface area contributed by atoms with Crippen molar-refractivity contribution in [3.63, 3.8) is 0 Å². The van der Waals surface area contributed by atoms with Crippen LogP contribution in [0, 0.1) is 6.92 Å². The minimum Gasteiger partial charge on any atom is -0.482 e. The Morgan fingerprint density at radius 1 is 1.33 bits per heavy atom. The first-order valence-corrected chi connectivity index (χ1v) is 4.68. The van der Waals surface area contributed by atoms with Gasteiger partial charge in [-0.15, -0.1) is 0 Å². The molecule has 15 heavy (non-hydrogen) atoms. The van der Waals surface area contributed by atoms with Crippen molar-refractivity contribution in [3.8, 4) is 5.75 Å². The van der Waals surface area contributed by atoms with E-state index in [1.807, 2.05) is 19.1 Å². The highest BCUT2D eigenvalue weighted by Gasteiger charge is 2.03. The number of benzene rings is 1. The average Bonchev–Trinajstić information content (AvgIpc) is 2.25. The number of aliphatic hydroxyl groups excluding tert-OH is 1. The van der Waals surface area contributed by atoms with Crippen LogP contribution in [0.25, 0.3) is 0 Å². The fraction of sp³-hybridized carbons (Fsp3) is 0.364. The molecule has 0 fully saturated rings. The molecule has 0 bridgehead atoms. The largest absolute Gasteiger partial charge is 0.482 e. The lowest BCUT2D eigenvalue weighted by molar-refractivity contribution is -0.146. The third-order valence-electron chi connectivity index (χ3n) is 1.73. The molecular weight excluding hydrogens is 196 g/mol. The molecule has 0 heterocycles. The Balaban J connectivity index is 2.30. The van der Waals surface area contributed by atoms with Crippen molar-refractivity contribution in [2.45, 2.75) is 6.92 Å². The highest BCUT2D eigenvalue weighted by molar-refractivity contribution is 5.71. The van der Waals surface area contributed by atoms with E-state index in [0.29, 0.717) is 5.75 Å². The summed E-state index contributed by atoms with van der Waals surface area (Å²) in [5.41, 5.74) is 1.13. The number of carbonyl (C=O) groups is 1. The number of aliphatic hydroxyl groups is 1. The molecule has 0 atom stereocenters. The monoisotopic (exact) mass is 210 g/mol. The molecule has 0 unspecified atom stereocenters. The van der Waals surface area contributed by atoms with E-state index >= 15 is 0 Å². The Kier molecular flexibility index (Phi) is 4.63. The van der Waals surface area contributed by atoms with E-state index in [0.717, 1.165) is 5.56 Å². The molecule has 1 rings (SSSR count). The molecule has 1 aromatic carbocycles. The van der Waals surface area contributed by atoms with Gasteiger partial charge in [-0.25, -0.2) is 4.79 Å². The van der Waals surface area contributed by atoms with Crippen molar-refractivity contribution in [1.29, 1.82) is 0 Å². The van der Waals surface area contributed by atoms with Crippen LogP contribution >= 0.6 is 0 Å². The lowest BCUT2D eigenvalue weighted by atomic mass is 10.2. The molecule has 0 radical (unpaired) electrons. The van der Waals surface area contributed by atoms with E-state index in [1.165, 1.54) is 0 Å². The van der Waals surface area contributed by atoms with Crippen LogP contribution in [-0.2, 0) is 9.53 Å². The van der Waals surface area contributed by atoms with Gasteiger partial charge in [-0.05, 0) is 19.1 Å². The van der Waals surface area contributed by atoms with Crippen LogP contribution in [0.5, 0.6) is 5.75 Å². The normalized spacial score (nSPS) is 9.73. The minimum atomic E-state index is -0.482. The Hall–Kier alpha value is -1.55. The Labute approximate surface area is 88.4 Å². The van der Waals surface area contributed by atoms with Crippen LogP contribution in [-0.4, -0.2) is 30.9 Å². The molecule has 0 amide bonds. The first kappa shape index (κ1) is 11.5. The van der Waals surface area contributed by atoms with Gasteiger partial charge in [-0.2, -0.15) is 0 Å². The van der Waals surface area contributed by atoms with E-state index in [2.05, 4.69) is 4.74 Å². The zero-order chi connectivity index (χ0) is 11.1. The van der Waals surface area contributed by atoms with E-state index in [4.69, 9.17) is 9.84 Å². The second-order valence-electron chi connectivity index (χ2n) is 3.05. The van der Waals surface area contributed by atoms with Crippen LogP contribution < -0.4 is 4.74 Å². The minimum absolute atomic E-state index is 0.0100. The van der Waals surface area contributed by atoms with Gasteiger partial charge in [0, 0.05) is 0 Å². The number of hydrogen-bond acceptors (Lipinski definition) is 4. The number of aryl methyl sites for hydroxylation is 1. The molecule has 4 heteroatoms. The molecule has 4 nitrogen and oxygen atoms in total. The van der Waals surface area contributed by atoms with Crippen molar-refractivity contribution in [2.75, 3.05) is 19.8 Å². The first-order valence-electron chi connectivity index (χ1n) is 4.68. The molecular formula is C11H14O4. The maximum absolute atomic E-state index is 11.0. The van der Waals surface area contributed by atoms with Gasteiger partial charge in [-0.3, -0.25) is 0 Å². The van der Waals surface area contributed by atoms with Gasteiger partial charge in [0.1, 0.15) is 12.4 Å². The maximum Gasteiger partial charge on any atom is 0.344 e. The highest BCUT2D eigenvalue weighted by atomic mass is 16.6. The van der Waals surface area contributed by atoms with Crippen LogP contribution in [0.15, 0.2) is 24.3 Å². The maximum atomic E-state index is 11.0. The number of carbonyl (C=O) groups excluding carboxylic acids is 1. The summed E-state index contributed by atoms with van der Waals surface area (Å²) in [6.07, 6.45) is 0. The average molecular weight is 210 g/mol. The second kappa shape index (κ2) is 6.03.